The lowest BCUT2D eigenvalue weighted by Crippen LogP contribution is -2.19. The van der Waals surface area contributed by atoms with Gasteiger partial charge in [-0.05, 0) is 49.4 Å². The lowest BCUT2D eigenvalue weighted by Gasteiger charge is -2.05. The Morgan fingerprint density at radius 2 is 1.78 bits per heavy atom. The van der Waals surface area contributed by atoms with Crippen molar-refractivity contribution in [2.45, 2.75) is 6.92 Å². The van der Waals surface area contributed by atoms with E-state index < -0.39 is 0 Å². The van der Waals surface area contributed by atoms with Crippen LogP contribution in [0.3, 0.4) is 0 Å². The van der Waals surface area contributed by atoms with Crippen molar-refractivity contribution >= 4 is 11.6 Å². The minimum absolute atomic E-state index is 0.225. The number of ether oxygens (including phenoxy) is 3. The van der Waals surface area contributed by atoms with Gasteiger partial charge >= 0.3 is 0 Å². The summed E-state index contributed by atoms with van der Waals surface area (Å²) in [5.41, 5.74) is 4.57. The van der Waals surface area contributed by atoms with Gasteiger partial charge in [-0.3, -0.25) is 4.79 Å². The molecule has 3 rings (SSSR count). The number of carbonyl (C=O) groups is 1. The Kier molecular flexibility index (Phi) is 4.14. The van der Waals surface area contributed by atoms with Crippen LogP contribution in [0.5, 0.6) is 17.2 Å². The highest BCUT2D eigenvalue weighted by Gasteiger charge is 2.14. The zero-order valence-corrected chi connectivity index (χ0v) is 12.8. The molecule has 2 aromatic carbocycles. The summed E-state index contributed by atoms with van der Waals surface area (Å²) >= 11 is 0. The molecular weight excluding hydrogens is 296 g/mol. The number of carbonyl (C=O) groups excluding carboxylic acids is 1. The topological polar surface area (TPSA) is 69.2 Å². The zero-order valence-electron chi connectivity index (χ0n) is 12.8. The first-order valence-corrected chi connectivity index (χ1v) is 7.06. The third-order valence-corrected chi connectivity index (χ3v) is 3.47. The minimum Gasteiger partial charge on any atom is -0.497 e. The van der Waals surface area contributed by atoms with Gasteiger partial charge in [0.1, 0.15) is 5.75 Å². The number of nitrogens with zero attached hydrogens (tertiary/aromatic N) is 1. The lowest BCUT2D eigenvalue weighted by molar-refractivity contribution is 0.0955. The quantitative estimate of drug-likeness (QED) is 0.696. The summed E-state index contributed by atoms with van der Waals surface area (Å²) in [6.07, 6.45) is 0. The molecule has 1 N–H and O–H groups in total. The zero-order chi connectivity index (χ0) is 16.2. The van der Waals surface area contributed by atoms with E-state index in [0.29, 0.717) is 28.5 Å². The van der Waals surface area contributed by atoms with Gasteiger partial charge in [0.05, 0.1) is 12.8 Å². The molecule has 1 aliphatic heterocycles. The molecule has 0 atom stereocenters. The molecule has 2 aromatic rings. The SMILES string of the molecule is COc1ccc(C(=O)N/N=C(\C)c2ccc3c(c2)OCO3)cc1. The molecule has 23 heavy (non-hydrogen) atoms. The van der Waals surface area contributed by atoms with Gasteiger partial charge in [0.15, 0.2) is 11.5 Å². The minimum atomic E-state index is -0.284. The highest BCUT2D eigenvalue weighted by molar-refractivity contribution is 6.01. The van der Waals surface area contributed by atoms with Crippen molar-refractivity contribution in [2.24, 2.45) is 5.10 Å². The normalized spacial score (nSPS) is 12.9. The highest BCUT2D eigenvalue weighted by Crippen LogP contribution is 2.32. The summed E-state index contributed by atoms with van der Waals surface area (Å²) < 4.78 is 15.7. The molecule has 0 saturated heterocycles. The monoisotopic (exact) mass is 312 g/mol. The number of hydrazone groups is 1. The number of hydrogen-bond acceptors (Lipinski definition) is 5. The van der Waals surface area contributed by atoms with Gasteiger partial charge in [0.25, 0.3) is 5.91 Å². The van der Waals surface area contributed by atoms with Crippen molar-refractivity contribution in [3.63, 3.8) is 0 Å². The summed E-state index contributed by atoms with van der Waals surface area (Å²) in [6, 6.07) is 12.3. The first-order valence-electron chi connectivity index (χ1n) is 7.06. The maximum atomic E-state index is 12.1. The fourth-order valence-corrected chi connectivity index (χ4v) is 2.13. The van der Waals surface area contributed by atoms with E-state index in [1.165, 1.54) is 0 Å². The molecule has 6 nitrogen and oxygen atoms in total. The van der Waals surface area contributed by atoms with Crippen LogP contribution in [0.25, 0.3) is 0 Å². The summed E-state index contributed by atoms with van der Waals surface area (Å²) in [5, 5.41) is 4.13. The number of methoxy groups -OCH3 is 1. The van der Waals surface area contributed by atoms with Gasteiger partial charge in [-0.2, -0.15) is 5.10 Å². The van der Waals surface area contributed by atoms with Crippen molar-refractivity contribution in [1.82, 2.24) is 5.43 Å². The fraction of sp³-hybridized carbons (Fsp3) is 0.176. The Bertz CT molecular complexity index is 754. The second-order valence-electron chi connectivity index (χ2n) is 4.93. The molecule has 6 heteroatoms. The Morgan fingerprint density at radius 1 is 1.09 bits per heavy atom. The average molecular weight is 312 g/mol. The van der Waals surface area contributed by atoms with Gasteiger partial charge in [-0.15, -0.1) is 0 Å². The Labute approximate surface area is 133 Å². The Morgan fingerprint density at radius 3 is 2.52 bits per heavy atom. The molecule has 0 radical (unpaired) electrons. The third kappa shape index (κ3) is 3.26. The van der Waals surface area contributed by atoms with Crippen LogP contribution in [-0.2, 0) is 0 Å². The van der Waals surface area contributed by atoms with E-state index in [9.17, 15) is 4.79 Å². The molecule has 0 spiro atoms. The lowest BCUT2D eigenvalue weighted by atomic mass is 10.1. The van der Waals surface area contributed by atoms with E-state index >= 15 is 0 Å². The standard InChI is InChI=1S/C17H16N2O4/c1-11(13-5-8-15-16(9-13)23-10-22-15)18-19-17(20)12-3-6-14(21-2)7-4-12/h3-9H,10H2,1-2H3,(H,19,20)/b18-11+. The molecule has 0 aromatic heterocycles. The van der Waals surface area contributed by atoms with Crippen molar-refractivity contribution < 1.29 is 19.0 Å². The number of fused-ring (bicyclic) bond motifs is 1. The molecule has 1 heterocycles. The molecule has 0 bridgehead atoms. The first kappa shape index (κ1) is 14.9. The number of nitrogens with one attached hydrogen (secondary N) is 1. The Balaban J connectivity index is 1.69. The van der Waals surface area contributed by atoms with E-state index in [1.807, 2.05) is 25.1 Å². The van der Waals surface area contributed by atoms with Gasteiger partial charge in [0, 0.05) is 11.1 Å². The molecule has 0 unspecified atom stereocenters. The van der Waals surface area contributed by atoms with Crippen LogP contribution in [0.4, 0.5) is 0 Å². The van der Waals surface area contributed by atoms with Gasteiger partial charge in [-0.1, -0.05) is 0 Å². The second-order valence-corrected chi connectivity index (χ2v) is 4.93. The maximum Gasteiger partial charge on any atom is 0.271 e. The van der Waals surface area contributed by atoms with E-state index in [4.69, 9.17) is 14.2 Å². The fourth-order valence-electron chi connectivity index (χ4n) is 2.13. The predicted molar refractivity (Wildman–Crippen MR) is 85.2 cm³/mol. The van der Waals surface area contributed by atoms with Crippen LogP contribution in [0.2, 0.25) is 0 Å². The second kappa shape index (κ2) is 6.39. The molecule has 0 fully saturated rings. The summed E-state index contributed by atoms with van der Waals surface area (Å²) in [5.74, 6) is 1.80. The maximum absolute atomic E-state index is 12.1. The number of rotatable bonds is 4. The van der Waals surface area contributed by atoms with Crippen LogP contribution in [0.15, 0.2) is 47.6 Å². The molecule has 118 valence electrons. The van der Waals surface area contributed by atoms with Crippen LogP contribution in [0.1, 0.15) is 22.8 Å². The summed E-state index contributed by atoms with van der Waals surface area (Å²) in [7, 11) is 1.58. The molecule has 0 saturated carbocycles. The summed E-state index contributed by atoms with van der Waals surface area (Å²) in [4.78, 5) is 12.1. The van der Waals surface area contributed by atoms with E-state index in [-0.39, 0.29) is 12.7 Å². The van der Waals surface area contributed by atoms with E-state index in [2.05, 4.69) is 10.5 Å². The predicted octanol–water partition coefficient (Wildman–Crippen LogP) is 2.58. The van der Waals surface area contributed by atoms with Gasteiger partial charge in [-0.25, -0.2) is 5.43 Å². The average Bonchev–Trinajstić information content (AvgIpc) is 3.07. The summed E-state index contributed by atoms with van der Waals surface area (Å²) in [6.45, 7) is 2.04. The largest absolute Gasteiger partial charge is 0.497 e. The number of hydrogen-bond donors (Lipinski definition) is 1. The van der Waals surface area contributed by atoms with Gasteiger partial charge < -0.3 is 14.2 Å². The van der Waals surface area contributed by atoms with Crippen molar-refractivity contribution in [2.75, 3.05) is 13.9 Å². The number of amides is 1. The molecule has 0 aliphatic carbocycles. The Hall–Kier alpha value is -3.02. The molecule has 1 amide bonds. The first-order chi connectivity index (χ1) is 11.2. The third-order valence-electron chi connectivity index (χ3n) is 3.47. The van der Waals surface area contributed by atoms with Crippen LogP contribution >= 0.6 is 0 Å². The van der Waals surface area contributed by atoms with Crippen LogP contribution in [0, 0.1) is 0 Å². The van der Waals surface area contributed by atoms with E-state index in [1.54, 1.807) is 31.4 Å². The molecular formula is C17H16N2O4. The highest BCUT2D eigenvalue weighted by atomic mass is 16.7. The van der Waals surface area contributed by atoms with Crippen molar-refractivity contribution in [3.8, 4) is 17.2 Å². The molecule has 1 aliphatic rings. The van der Waals surface area contributed by atoms with Crippen molar-refractivity contribution in [1.29, 1.82) is 0 Å². The van der Waals surface area contributed by atoms with Gasteiger partial charge in [0.2, 0.25) is 6.79 Å². The van der Waals surface area contributed by atoms with Crippen LogP contribution in [-0.4, -0.2) is 25.5 Å². The number of benzene rings is 2. The smallest absolute Gasteiger partial charge is 0.271 e. The van der Waals surface area contributed by atoms with Crippen molar-refractivity contribution in [3.05, 3.63) is 53.6 Å². The van der Waals surface area contributed by atoms with E-state index in [0.717, 1.165) is 5.56 Å². The van der Waals surface area contributed by atoms with Crippen LogP contribution < -0.4 is 19.6 Å².